The average Bonchev–Trinajstić information content (AvgIpc) is 3.17. The minimum atomic E-state index is 0.182. The number of carbonyl (C=O) groups excluding carboxylic acids is 1. The lowest BCUT2D eigenvalue weighted by molar-refractivity contribution is -0.131. The number of aliphatic hydroxyl groups excluding tert-OH is 1. The summed E-state index contributed by atoms with van der Waals surface area (Å²) in [5, 5.41) is 12.5. The van der Waals surface area contributed by atoms with Crippen LogP contribution in [0.1, 0.15) is 39.0 Å². The number of amides is 1. The van der Waals surface area contributed by atoms with Crippen molar-refractivity contribution in [2.24, 2.45) is 11.8 Å². The zero-order chi connectivity index (χ0) is 13.0. The van der Waals surface area contributed by atoms with E-state index in [1.54, 1.807) is 6.92 Å². The lowest BCUT2D eigenvalue weighted by atomic mass is 9.90. The third kappa shape index (κ3) is 4.25. The highest BCUT2D eigenvalue weighted by Gasteiger charge is 2.29. The first kappa shape index (κ1) is 13.8. The predicted octanol–water partition coefficient (Wildman–Crippen LogP) is 0.995. The Morgan fingerprint density at radius 3 is 2.72 bits per heavy atom. The molecule has 1 aliphatic carbocycles. The highest BCUT2D eigenvalue weighted by Crippen LogP contribution is 2.28. The van der Waals surface area contributed by atoms with Crippen molar-refractivity contribution in [3.63, 3.8) is 0 Å². The molecule has 104 valence electrons. The van der Waals surface area contributed by atoms with E-state index >= 15 is 0 Å². The average molecular weight is 254 g/mol. The van der Waals surface area contributed by atoms with Gasteiger partial charge in [-0.2, -0.15) is 0 Å². The predicted molar refractivity (Wildman–Crippen MR) is 71.2 cm³/mol. The number of nitrogens with one attached hydrogen (secondary N) is 1. The maximum atomic E-state index is 11.6. The first-order valence-corrected chi connectivity index (χ1v) is 7.28. The summed E-state index contributed by atoms with van der Waals surface area (Å²) in [5.74, 6) is 1.61. The Hall–Kier alpha value is -0.610. The van der Waals surface area contributed by atoms with Crippen molar-refractivity contribution in [3.8, 4) is 0 Å². The summed E-state index contributed by atoms with van der Waals surface area (Å²) in [7, 11) is 0. The topological polar surface area (TPSA) is 52.6 Å². The van der Waals surface area contributed by atoms with Crippen LogP contribution in [-0.2, 0) is 4.79 Å². The molecule has 0 radical (unpaired) electrons. The summed E-state index contributed by atoms with van der Waals surface area (Å²) in [6.07, 6.45) is 5.76. The molecule has 2 atom stereocenters. The fraction of sp³-hybridized carbons (Fsp3) is 0.929. The van der Waals surface area contributed by atoms with Crippen LogP contribution in [-0.4, -0.2) is 48.2 Å². The Morgan fingerprint density at radius 2 is 2.11 bits per heavy atom. The molecule has 1 saturated carbocycles. The van der Waals surface area contributed by atoms with Crippen LogP contribution in [0.15, 0.2) is 0 Å². The van der Waals surface area contributed by atoms with Crippen LogP contribution in [0, 0.1) is 11.8 Å². The number of rotatable bonds is 6. The molecule has 2 rings (SSSR count). The van der Waals surface area contributed by atoms with Crippen LogP contribution >= 0.6 is 0 Å². The van der Waals surface area contributed by atoms with E-state index in [-0.39, 0.29) is 12.5 Å². The quantitative estimate of drug-likeness (QED) is 0.743. The lowest BCUT2D eigenvalue weighted by Gasteiger charge is -2.38. The Bertz CT molecular complexity index is 279. The SMILES string of the molecule is CC(=O)N1CC(CCCO)CC(NCC2CC2)C1. The van der Waals surface area contributed by atoms with E-state index in [0.29, 0.717) is 12.0 Å². The highest BCUT2D eigenvalue weighted by molar-refractivity contribution is 5.73. The maximum Gasteiger partial charge on any atom is 0.219 e. The summed E-state index contributed by atoms with van der Waals surface area (Å²) >= 11 is 0. The molecule has 1 saturated heterocycles. The number of piperidine rings is 1. The third-order valence-corrected chi connectivity index (χ3v) is 4.15. The second kappa shape index (κ2) is 6.53. The number of aliphatic hydroxyl groups is 1. The van der Waals surface area contributed by atoms with E-state index in [4.69, 9.17) is 5.11 Å². The van der Waals surface area contributed by atoms with Gasteiger partial charge in [-0.25, -0.2) is 0 Å². The van der Waals surface area contributed by atoms with Gasteiger partial charge >= 0.3 is 0 Å². The van der Waals surface area contributed by atoms with E-state index in [9.17, 15) is 4.79 Å². The van der Waals surface area contributed by atoms with Crippen LogP contribution in [0.3, 0.4) is 0 Å². The maximum absolute atomic E-state index is 11.6. The van der Waals surface area contributed by atoms with Crippen LogP contribution in [0.5, 0.6) is 0 Å². The molecule has 1 amide bonds. The van der Waals surface area contributed by atoms with E-state index in [2.05, 4.69) is 5.32 Å². The summed E-state index contributed by atoms with van der Waals surface area (Å²) in [5.41, 5.74) is 0. The second-order valence-corrected chi connectivity index (χ2v) is 5.94. The summed E-state index contributed by atoms with van der Waals surface area (Å²) in [4.78, 5) is 13.5. The van der Waals surface area contributed by atoms with Gasteiger partial charge in [-0.15, -0.1) is 0 Å². The van der Waals surface area contributed by atoms with E-state index in [1.165, 1.54) is 12.8 Å². The molecule has 0 spiro atoms. The fourth-order valence-corrected chi connectivity index (χ4v) is 2.85. The van der Waals surface area contributed by atoms with Gasteiger partial charge in [-0.3, -0.25) is 4.79 Å². The van der Waals surface area contributed by atoms with Crippen LogP contribution < -0.4 is 5.32 Å². The van der Waals surface area contributed by atoms with E-state index in [0.717, 1.165) is 44.8 Å². The molecular formula is C14H26N2O2. The van der Waals surface area contributed by atoms with Crippen molar-refractivity contribution in [3.05, 3.63) is 0 Å². The molecule has 4 nitrogen and oxygen atoms in total. The van der Waals surface area contributed by atoms with Gasteiger partial charge in [0.1, 0.15) is 0 Å². The third-order valence-electron chi connectivity index (χ3n) is 4.15. The minimum Gasteiger partial charge on any atom is -0.396 e. The van der Waals surface area contributed by atoms with Crippen LogP contribution in [0.2, 0.25) is 0 Å². The molecule has 4 heteroatoms. The van der Waals surface area contributed by atoms with Crippen molar-refractivity contribution in [2.45, 2.75) is 45.1 Å². The molecule has 0 aromatic rings. The van der Waals surface area contributed by atoms with Gasteiger partial charge in [0.2, 0.25) is 5.91 Å². The highest BCUT2D eigenvalue weighted by atomic mass is 16.2. The normalized spacial score (nSPS) is 28.4. The van der Waals surface area contributed by atoms with Gasteiger partial charge in [0.25, 0.3) is 0 Å². The molecule has 0 bridgehead atoms. The summed E-state index contributed by atoms with van der Waals surface area (Å²) in [6, 6.07) is 0.451. The van der Waals surface area contributed by atoms with Gasteiger partial charge in [-0.1, -0.05) is 0 Å². The first-order valence-electron chi connectivity index (χ1n) is 7.28. The first-order chi connectivity index (χ1) is 8.69. The Labute approximate surface area is 110 Å². The molecule has 1 heterocycles. The Morgan fingerprint density at radius 1 is 1.33 bits per heavy atom. The van der Waals surface area contributed by atoms with E-state index < -0.39 is 0 Å². The van der Waals surface area contributed by atoms with E-state index in [1.807, 2.05) is 4.90 Å². The Kier molecular flexibility index (Phi) is 5.01. The minimum absolute atomic E-state index is 0.182. The van der Waals surface area contributed by atoms with Crippen molar-refractivity contribution in [2.75, 3.05) is 26.2 Å². The molecule has 1 aliphatic heterocycles. The molecule has 0 aromatic carbocycles. The Balaban J connectivity index is 1.81. The molecule has 18 heavy (non-hydrogen) atoms. The number of hydrogen-bond donors (Lipinski definition) is 2. The zero-order valence-corrected chi connectivity index (χ0v) is 11.4. The van der Waals surface area contributed by atoms with Crippen LogP contribution in [0.25, 0.3) is 0 Å². The van der Waals surface area contributed by atoms with Crippen molar-refractivity contribution in [1.82, 2.24) is 10.2 Å². The van der Waals surface area contributed by atoms with Gasteiger partial charge in [-0.05, 0) is 50.5 Å². The zero-order valence-electron chi connectivity index (χ0n) is 11.4. The van der Waals surface area contributed by atoms with Crippen molar-refractivity contribution >= 4 is 5.91 Å². The number of hydrogen-bond acceptors (Lipinski definition) is 3. The molecular weight excluding hydrogens is 228 g/mol. The summed E-state index contributed by atoms with van der Waals surface area (Å²) < 4.78 is 0. The van der Waals surface area contributed by atoms with Crippen LogP contribution in [0.4, 0.5) is 0 Å². The molecule has 0 aromatic heterocycles. The summed E-state index contributed by atoms with van der Waals surface area (Å²) in [6.45, 7) is 4.76. The number of likely N-dealkylation sites (tertiary alicyclic amines) is 1. The smallest absolute Gasteiger partial charge is 0.219 e. The molecule has 2 N–H and O–H groups in total. The molecule has 2 fully saturated rings. The fourth-order valence-electron chi connectivity index (χ4n) is 2.85. The molecule has 2 aliphatic rings. The largest absolute Gasteiger partial charge is 0.396 e. The van der Waals surface area contributed by atoms with Gasteiger partial charge in [0, 0.05) is 32.7 Å². The van der Waals surface area contributed by atoms with Gasteiger partial charge in [0.05, 0.1) is 0 Å². The monoisotopic (exact) mass is 254 g/mol. The standard InChI is InChI=1S/C14H26N2O2/c1-11(18)16-9-13(3-2-6-17)7-14(10-16)15-8-12-4-5-12/h12-15,17H,2-10H2,1H3. The van der Waals surface area contributed by atoms with Crippen molar-refractivity contribution in [1.29, 1.82) is 0 Å². The number of nitrogens with zero attached hydrogens (tertiary/aromatic N) is 1. The second-order valence-electron chi connectivity index (χ2n) is 5.94. The molecule has 2 unspecified atom stereocenters. The van der Waals surface area contributed by atoms with Gasteiger partial charge in [0.15, 0.2) is 0 Å². The van der Waals surface area contributed by atoms with Gasteiger partial charge < -0.3 is 15.3 Å². The lowest BCUT2D eigenvalue weighted by Crippen LogP contribution is -2.51. The van der Waals surface area contributed by atoms with Crippen molar-refractivity contribution < 1.29 is 9.90 Å². The number of carbonyl (C=O) groups is 1.